The maximum atomic E-state index is 14.5. The van der Waals surface area contributed by atoms with Gasteiger partial charge in [0.05, 0.1) is 16.7 Å². The molecule has 0 spiro atoms. The summed E-state index contributed by atoms with van der Waals surface area (Å²) in [4.78, 5) is 41.7. The van der Waals surface area contributed by atoms with E-state index in [9.17, 15) is 18.8 Å². The minimum atomic E-state index is -1.14. The average molecular weight is 396 g/mol. The van der Waals surface area contributed by atoms with Crippen LogP contribution >= 0.6 is 11.6 Å². The van der Waals surface area contributed by atoms with Crippen LogP contribution in [0.4, 0.5) is 4.39 Å². The van der Waals surface area contributed by atoms with Gasteiger partial charge in [0, 0.05) is 5.02 Å². The molecule has 0 aliphatic carbocycles. The van der Waals surface area contributed by atoms with Crippen LogP contribution < -0.4 is 0 Å². The van der Waals surface area contributed by atoms with Crippen LogP contribution in [0.3, 0.4) is 0 Å². The van der Waals surface area contributed by atoms with Crippen molar-refractivity contribution in [2.75, 3.05) is 0 Å². The van der Waals surface area contributed by atoms with Crippen molar-refractivity contribution in [2.45, 2.75) is 0 Å². The molecule has 4 rings (SSSR count). The largest absolute Gasteiger partial charge is 0.366 e. The van der Waals surface area contributed by atoms with Crippen LogP contribution in [0.5, 0.6) is 0 Å². The molecule has 138 valence electrons. The Balaban J connectivity index is 1.57. The molecule has 0 unspecified atom stereocenters. The zero-order chi connectivity index (χ0) is 19.8. The number of benzene rings is 3. The van der Waals surface area contributed by atoms with Crippen LogP contribution in [0.15, 0.2) is 66.7 Å². The van der Waals surface area contributed by atoms with Crippen molar-refractivity contribution in [1.82, 2.24) is 5.06 Å². The number of hydrogen-bond donors (Lipinski definition) is 0. The fourth-order valence-electron chi connectivity index (χ4n) is 2.88. The van der Waals surface area contributed by atoms with E-state index in [1.807, 2.05) is 0 Å². The second-order valence-electron chi connectivity index (χ2n) is 6.03. The van der Waals surface area contributed by atoms with Crippen LogP contribution in [0.1, 0.15) is 31.1 Å². The number of halogens is 2. The van der Waals surface area contributed by atoms with Gasteiger partial charge in [-0.15, -0.1) is 0 Å². The standard InChI is InChI=1S/C21H11ClFNO4/c22-14-8-5-12(6-9-14)13-7-10-17(18(23)11-13)21(27)28-24-19(25)15-3-1-2-4-16(15)20(24)26/h1-11H. The van der Waals surface area contributed by atoms with Gasteiger partial charge in [-0.1, -0.05) is 47.0 Å². The highest BCUT2D eigenvalue weighted by atomic mass is 35.5. The summed E-state index contributed by atoms with van der Waals surface area (Å²) in [5.74, 6) is -3.52. The third-order valence-electron chi connectivity index (χ3n) is 4.30. The van der Waals surface area contributed by atoms with E-state index in [4.69, 9.17) is 16.4 Å². The van der Waals surface area contributed by atoms with Gasteiger partial charge in [-0.25, -0.2) is 9.18 Å². The Morgan fingerprint density at radius 1 is 0.857 bits per heavy atom. The quantitative estimate of drug-likeness (QED) is 0.612. The Morgan fingerprint density at radius 2 is 1.43 bits per heavy atom. The molecule has 2 amide bonds. The first-order valence-corrected chi connectivity index (χ1v) is 8.59. The third-order valence-corrected chi connectivity index (χ3v) is 4.55. The highest BCUT2D eigenvalue weighted by Gasteiger charge is 2.39. The van der Waals surface area contributed by atoms with Crippen LogP contribution in [-0.4, -0.2) is 22.8 Å². The molecule has 28 heavy (non-hydrogen) atoms. The van der Waals surface area contributed by atoms with Crippen molar-refractivity contribution in [1.29, 1.82) is 0 Å². The number of carbonyl (C=O) groups is 3. The predicted molar refractivity (Wildman–Crippen MR) is 99.2 cm³/mol. The summed E-state index contributed by atoms with van der Waals surface area (Å²) in [5.41, 5.74) is 1.10. The normalized spacial score (nSPS) is 12.9. The van der Waals surface area contributed by atoms with Crippen molar-refractivity contribution < 1.29 is 23.6 Å². The van der Waals surface area contributed by atoms with E-state index in [0.717, 1.165) is 0 Å². The molecule has 0 aromatic heterocycles. The summed E-state index contributed by atoms with van der Waals surface area (Å²) in [6.07, 6.45) is 0. The van der Waals surface area contributed by atoms with Gasteiger partial charge in [0.25, 0.3) is 11.8 Å². The first-order valence-electron chi connectivity index (χ1n) is 8.21. The van der Waals surface area contributed by atoms with Crippen molar-refractivity contribution in [3.63, 3.8) is 0 Å². The van der Waals surface area contributed by atoms with E-state index in [1.54, 1.807) is 36.4 Å². The number of rotatable bonds is 3. The lowest BCUT2D eigenvalue weighted by Gasteiger charge is -2.13. The molecule has 0 N–H and O–H groups in total. The molecular formula is C21H11ClFNO4. The first kappa shape index (κ1) is 17.9. The van der Waals surface area contributed by atoms with Crippen LogP contribution in [0.2, 0.25) is 5.02 Å². The lowest BCUT2D eigenvalue weighted by molar-refractivity contribution is -0.0587. The zero-order valence-electron chi connectivity index (χ0n) is 14.2. The Bertz CT molecular complexity index is 1090. The number of carbonyl (C=O) groups excluding carboxylic acids is 3. The van der Waals surface area contributed by atoms with E-state index in [2.05, 4.69) is 0 Å². The van der Waals surface area contributed by atoms with Crippen molar-refractivity contribution in [3.8, 4) is 11.1 Å². The molecule has 3 aromatic rings. The van der Waals surface area contributed by atoms with E-state index in [1.165, 1.54) is 30.3 Å². The Labute approximate surface area is 163 Å². The topological polar surface area (TPSA) is 63.7 Å². The molecule has 0 saturated heterocycles. The molecule has 1 aliphatic heterocycles. The van der Waals surface area contributed by atoms with Gasteiger partial charge in [0.15, 0.2) is 0 Å². The SMILES string of the molecule is O=C(ON1C(=O)c2ccccc2C1=O)c1ccc(-c2ccc(Cl)cc2)cc1F. The Morgan fingerprint density at radius 3 is 2.00 bits per heavy atom. The number of hydroxylamine groups is 2. The number of fused-ring (bicyclic) bond motifs is 1. The summed E-state index contributed by atoms with van der Waals surface area (Å²) in [5, 5.41) is 0.893. The molecule has 3 aromatic carbocycles. The third kappa shape index (κ3) is 3.04. The molecule has 1 aliphatic rings. The molecule has 0 radical (unpaired) electrons. The minimum Gasteiger partial charge on any atom is -0.324 e. The van der Waals surface area contributed by atoms with Gasteiger partial charge in [0.1, 0.15) is 5.82 Å². The minimum absolute atomic E-state index is 0.124. The van der Waals surface area contributed by atoms with E-state index >= 15 is 0 Å². The second-order valence-corrected chi connectivity index (χ2v) is 6.47. The Hall–Kier alpha value is -3.51. The number of hydrogen-bond acceptors (Lipinski definition) is 4. The lowest BCUT2D eigenvalue weighted by Crippen LogP contribution is -2.33. The van der Waals surface area contributed by atoms with E-state index in [0.29, 0.717) is 21.2 Å². The molecule has 0 fully saturated rings. The molecule has 0 atom stereocenters. The van der Waals surface area contributed by atoms with Crippen LogP contribution in [-0.2, 0) is 4.84 Å². The fraction of sp³-hybridized carbons (Fsp3) is 0. The van der Waals surface area contributed by atoms with Crippen LogP contribution in [0, 0.1) is 5.82 Å². The predicted octanol–water partition coefficient (Wildman–Crippen LogP) is 4.51. The first-order chi connectivity index (χ1) is 13.5. The monoisotopic (exact) mass is 395 g/mol. The van der Waals surface area contributed by atoms with Gasteiger partial charge >= 0.3 is 5.97 Å². The van der Waals surface area contributed by atoms with Gasteiger partial charge in [0.2, 0.25) is 0 Å². The fourth-order valence-corrected chi connectivity index (χ4v) is 3.01. The maximum absolute atomic E-state index is 14.5. The molecule has 0 saturated carbocycles. The maximum Gasteiger partial charge on any atom is 0.366 e. The summed E-state index contributed by atoms with van der Waals surface area (Å²) < 4.78 is 14.5. The van der Waals surface area contributed by atoms with Crippen molar-refractivity contribution in [2.24, 2.45) is 0 Å². The Kier molecular flexibility index (Phi) is 4.41. The van der Waals surface area contributed by atoms with E-state index < -0.39 is 29.2 Å². The van der Waals surface area contributed by atoms with Gasteiger partial charge in [-0.05, 0) is 47.5 Å². The highest BCUT2D eigenvalue weighted by molar-refractivity contribution is 6.30. The summed E-state index contributed by atoms with van der Waals surface area (Å²) in [6.45, 7) is 0. The highest BCUT2D eigenvalue weighted by Crippen LogP contribution is 2.26. The molecule has 5 nitrogen and oxygen atoms in total. The summed E-state index contributed by atoms with van der Waals surface area (Å²) in [6, 6.07) is 16.8. The van der Waals surface area contributed by atoms with E-state index in [-0.39, 0.29) is 11.1 Å². The number of amides is 2. The van der Waals surface area contributed by atoms with Gasteiger partial charge in [-0.3, -0.25) is 9.59 Å². The molecule has 1 heterocycles. The number of nitrogens with zero attached hydrogens (tertiary/aromatic N) is 1. The van der Waals surface area contributed by atoms with Crippen LogP contribution in [0.25, 0.3) is 11.1 Å². The molecular weight excluding hydrogens is 385 g/mol. The molecule has 0 bridgehead atoms. The van der Waals surface area contributed by atoms with Gasteiger partial charge in [-0.2, -0.15) is 0 Å². The number of imide groups is 1. The van der Waals surface area contributed by atoms with Gasteiger partial charge < -0.3 is 4.84 Å². The van der Waals surface area contributed by atoms with Crippen molar-refractivity contribution >= 4 is 29.4 Å². The second kappa shape index (κ2) is 6.90. The average Bonchev–Trinajstić information content (AvgIpc) is 2.93. The summed E-state index contributed by atoms with van der Waals surface area (Å²) >= 11 is 5.84. The molecule has 7 heteroatoms. The lowest BCUT2D eigenvalue weighted by atomic mass is 10.0. The van der Waals surface area contributed by atoms with Crippen molar-refractivity contribution in [3.05, 3.63) is 94.3 Å². The smallest absolute Gasteiger partial charge is 0.324 e. The summed E-state index contributed by atoms with van der Waals surface area (Å²) in [7, 11) is 0. The zero-order valence-corrected chi connectivity index (χ0v) is 14.9.